The van der Waals surface area contributed by atoms with E-state index in [1.807, 2.05) is 11.0 Å². The summed E-state index contributed by atoms with van der Waals surface area (Å²) in [6.07, 6.45) is 6.17. The molecule has 1 amide bonds. The van der Waals surface area contributed by atoms with Gasteiger partial charge in [0.1, 0.15) is 6.54 Å². The monoisotopic (exact) mass is 267 g/mol. The van der Waals surface area contributed by atoms with Crippen LogP contribution in [0, 0.1) is 12.5 Å². The average Bonchev–Trinajstić information content (AvgIpc) is 2.84. The van der Waals surface area contributed by atoms with E-state index in [0.717, 1.165) is 24.2 Å². The molecule has 0 bridgehead atoms. The summed E-state index contributed by atoms with van der Waals surface area (Å²) in [4.78, 5) is 19.0. The van der Waals surface area contributed by atoms with Gasteiger partial charge in [0, 0.05) is 36.2 Å². The number of fused-ring (bicyclic) bond motifs is 3. The van der Waals surface area contributed by atoms with Crippen molar-refractivity contribution in [2.45, 2.75) is 13.0 Å². The Morgan fingerprint density at radius 2 is 2.30 bits per heavy atom. The summed E-state index contributed by atoms with van der Waals surface area (Å²) in [5.74, 6) is 0.0785. The molecule has 2 heterocycles. The molecule has 1 aliphatic heterocycles. The molecule has 20 heavy (non-hydrogen) atoms. The number of nitrogens with zero attached hydrogens (tertiary/aromatic N) is 2. The number of rotatable bonds is 2. The van der Waals surface area contributed by atoms with Crippen molar-refractivity contribution < 1.29 is 4.79 Å². The number of amides is 1. The van der Waals surface area contributed by atoms with Crippen LogP contribution in [0.25, 0.3) is 10.9 Å². The predicted molar refractivity (Wildman–Crippen MR) is 78.9 cm³/mol. The third-order valence-electron chi connectivity index (χ3n) is 3.83. The molecule has 0 radical (unpaired) electrons. The summed E-state index contributed by atoms with van der Waals surface area (Å²) < 4.78 is 0. The zero-order valence-electron chi connectivity index (χ0n) is 11.5. The number of benzene rings is 1. The molecule has 0 unspecified atom stereocenters. The maximum Gasteiger partial charge on any atom is 0.243 e. The van der Waals surface area contributed by atoms with Crippen LogP contribution in [0.4, 0.5) is 0 Å². The van der Waals surface area contributed by atoms with E-state index in [4.69, 9.17) is 6.42 Å². The van der Waals surface area contributed by atoms with Gasteiger partial charge < -0.3 is 14.8 Å². The molecule has 3 rings (SSSR count). The van der Waals surface area contributed by atoms with Gasteiger partial charge in [0.15, 0.2) is 0 Å². The molecule has 1 aliphatic rings. The zero-order valence-corrected chi connectivity index (χ0v) is 11.5. The number of aromatic amines is 1. The number of H-pyrrole nitrogens is 1. The Morgan fingerprint density at radius 3 is 3.10 bits per heavy atom. The summed E-state index contributed by atoms with van der Waals surface area (Å²) in [6.45, 7) is 1.67. The summed E-state index contributed by atoms with van der Waals surface area (Å²) in [5, 5.41) is 1.27. The van der Waals surface area contributed by atoms with Crippen LogP contribution in [0.3, 0.4) is 0 Å². The molecule has 4 heteroatoms. The third-order valence-corrected chi connectivity index (χ3v) is 3.83. The first-order chi connectivity index (χ1) is 9.69. The highest BCUT2D eigenvalue weighted by molar-refractivity contribution is 5.86. The standard InChI is InChI=1S/C16H17N3O/c1-3-18(2)11-16(20)19-9-8-13-12-6-4-5-7-14(12)17-15(13)10-19/h1,4-7,17H,8-11H2,2H3. The second-order valence-electron chi connectivity index (χ2n) is 5.18. The van der Waals surface area contributed by atoms with Crippen LogP contribution in [-0.4, -0.2) is 40.8 Å². The van der Waals surface area contributed by atoms with Crippen molar-refractivity contribution in [3.8, 4) is 12.5 Å². The van der Waals surface area contributed by atoms with E-state index in [1.54, 1.807) is 11.9 Å². The lowest BCUT2D eigenvalue weighted by Crippen LogP contribution is -2.40. The molecule has 0 fully saturated rings. The van der Waals surface area contributed by atoms with Crippen molar-refractivity contribution in [2.75, 3.05) is 20.1 Å². The van der Waals surface area contributed by atoms with E-state index in [9.17, 15) is 4.79 Å². The molecule has 0 aliphatic carbocycles. The molecule has 102 valence electrons. The van der Waals surface area contributed by atoms with Gasteiger partial charge in [-0.25, -0.2) is 0 Å². The fourth-order valence-corrected chi connectivity index (χ4v) is 2.75. The van der Waals surface area contributed by atoms with E-state index < -0.39 is 0 Å². The minimum absolute atomic E-state index is 0.0785. The number of carbonyl (C=O) groups is 1. The van der Waals surface area contributed by atoms with Gasteiger partial charge in [-0.2, -0.15) is 0 Å². The molecule has 0 spiro atoms. The van der Waals surface area contributed by atoms with E-state index in [1.165, 1.54) is 10.9 Å². The number of hydrogen-bond acceptors (Lipinski definition) is 2. The molecule has 0 saturated heterocycles. The Bertz CT molecular complexity index is 695. The summed E-state index contributed by atoms with van der Waals surface area (Å²) in [7, 11) is 1.75. The first-order valence-electron chi connectivity index (χ1n) is 6.72. The van der Waals surface area contributed by atoms with Gasteiger partial charge in [-0.15, -0.1) is 0 Å². The molecular formula is C16H17N3O. The van der Waals surface area contributed by atoms with Crippen LogP contribution in [0.5, 0.6) is 0 Å². The average molecular weight is 267 g/mol. The molecule has 2 aromatic rings. The highest BCUT2D eigenvalue weighted by Gasteiger charge is 2.23. The van der Waals surface area contributed by atoms with Gasteiger partial charge in [0.25, 0.3) is 0 Å². The van der Waals surface area contributed by atoms with Crippen molar-refractivity contribution >= 4 is 16.8 Å². The van der Waals surface area contributed by atoms with Crippen molar-refractivity contribution in [3.05, 3.63) is 35.5 Å². The highest BCUT2D eigenvalue weighted by atomic mass is 16.2. The van der Waals surface area contributed by atoms with Gasteiger partial charge in [0.05, 0.1) is 6.54 Å². The van der Waals surface area contributed by atoms with Gasteiger partial charge in [-0.3, -0.25) is 4.79 Å². The van der Waals surface area contributed by atoms with Crippen LogP contribution in [0.2, 0.25) is 0 Å². The molecule has 1 aromatic carbocycles. The second kappa shape index (κ2) is 4.93. The van der Waals surface area contributed by atoms with Crippen molar-refractivity contribution in [3.63, 3.8) is 0 Å². The van der Waals surface area contributed by atoms with Crippen molar-refractivity contribution in [1.29, 1.82) is 0 Å². The van der Waals surface area contributed by atoms with Gasteiger partial charge in [0.2, 0.25) is 5.91 Å². The minimum atomic E-state index is 0.0785. The SMILES string of the molecule is C#CN(C)CC(=O)N1CCc2c([nH]c3ccccc23)C1. The second-order valence-corrected chi connectivity index (χ2v) is 5.18. The number of aromatic nitrogens is 1. The first kappa shape index (κ1) is 12.6. The lowest BCUT2D eigenvalue weighted by atomic mass is 10.0. The number of terminal acetylenes is 1. The topological polar surface area (TPSA) is 39.3 Å². The summed E-state index contributed by atoms with van der Waals surface area (Å²) in [5.41, 5.74) is 3.64. The van der Waals surface area contributed by atoms with Gasteiger partial charge >= 0.3 is 0 Å². The Labute approximate surface area is 118 Å². The van der Waals surface area contributed by atoms with Gasteiger partial charge in [-0.05, 0) is 18.1 Å². The summed E-state index contributed by atoms with van der Waals surface area (Å²) >= 11 is 0. The van der Waals surface area contributed by atoms with Crippen LogP contribution >= 0.6 is 0 Å². The van der Waals surface area contributed by atoms with Crippen LogP contribution < -0.4 is 0 Å². The minimum Gasteiger partial charge on any atom is -0.357 e. The first-order valence-corrected chi connectivity index (χ1v) is 6.72. The smallest absolute Gasteiger partial charge is 0.243 e. The summed E-state index contributed by atoms with van der Waals surface area (Å²) in [6, 6.07) is 10.7. The maximum atomic E-state index is 12.2. The molecule has 1 aromatic heterocycles. The fraction of sp³-hybridized carbons (Fsp3) is 0.312. The van der Waals surface area contributed by atoms with E-state index in [0.29, 0.717) is 6.54 Å². The van der Waals surface area contributed by atoms with E-state index in [-0.39, 0.29) is 12.5 Å². The fourth-order valence-electron chi connectivity index (χ4n) is 2.75. The molecule has 0 saturated carbocycles. The van der Waals surface area contributed by atoms with E-state index in [2.05, 4.69) is 29.2 Å². The maximum absolute atomic E-state index is 12.2. The Morgan fingerprint density at radius 1 is 1.50 bits per heavy atom. The number of likely N-dealkylation sites (N-methyl/N-ethyl adjacent to an activating group) is 1. The molecule has 1 N–H and O–H groups in total. The van der Waals surface area contributed by atoms with Crippen molar-refractivity contribution in [1.82, 2.24) is 14.8 Å². The van der Waals surface area contributed by atoms with Crippen LogP contribution in [0.15, 0.2) is 24.3 Å². The Balaban J connectivity index is 1.82. The highest BCUT2D eigenvalue weighted by Crippen LogP contribution is 2.27. The van der Waals surface area contributed by atoms with E-state index >= 15 is 0 Å². The molecule has 4 nitrogen and oxygen atoms in total. The number of nitrogens with one attached hydrogen (secondary N) is 1. The van der Waals surface area contributed by atoms with Crippen LogP contribution in [0.1, 0.15) is 11.3 Å². The molecule has 0 atom stereocenters. The third kappa shape index (κ3) is 2.12. The quantitative estimate of drug-likeness (QED) is 0.663. The van der Waals surface area contributed by atoms with Gasteiger partial charge in [-0.1, -0.05) is 24.6 Å². The predicted octanol–water partition coefficient (Wildman–Crippen LogP) is 1.58. The number of carbonyl (C=O) groups excluding carboxylic acids is 1. The largest absolute Gasteiger partial charge is 0.357 e. The normalized spacial score (nSPS) is 13.9. The lowest BCUT2D eigenvalue weighted by molar-refractivity contribution is -0.132. The molecular weight excluding hydrogens is 250 g/mol. The Kier molecular flexibility index (Phi) is 3.11. The zero-order chi connectivity index (χ0) is 14.1. The lowest BCUT2D eigenvalue weighted by Gasteiger charge is -2.28. The van der Waals surface area contributed by atoms with Crippen LogP contribution in [-0.2, 0) is 17.8 Å². The number of hydrogen-bond donors (Lipinski definition) is 1. The number of para-hydroxylation sites is 1. The Hall–Kier alpha value is -2.41. The van der Waals surface area contributed by atoms with Crippen molar-refractivity contribution in [2.24, 2.45) is 0 Å².